The molecule has 0 saturated heterocycles. The molecule has 0 amide bonds. The number of ether oxygens (including phenoxy) is 1. The van der Waals surface area contributed by atoms with Crippen LogP contribution in [0.15, 0.2) is 54.6 Å². The Kier molecular flexibility index (Phi) is 4.41. The standard InChI is InChI=1S/C18H21NO2/c20-18-12-5-4-11-17(18)19-14-7-6-10-16(13-14)21-15-8-2-1-3-9-15/h1-3,6-10,13,17-20H,4-5,11-12H2/t17-,18-/m1/s1. The van der Waals surface area contributed by atoms with Crippen molar-refractivity contribution in [2.75, 3.05) is 5.32 Å². The van der Waals surface area contributed by atoms with Crippen molar-refractivity contribution in [3.63, 3.8) is 0 Å². The fraction of sp³-hybridized carbons (Fsp3) is 0.333. The highest BCUT2D eigenvalue weighted by Gasteiger charge is 2.22. The quantitative estimate of drug-likeness (QED) is 0.884. The van der Waals surface area contributed by atoms with Crippen LogP contribution in [-0.2, 0) is 0 Å². The molecule has 2 aromatic carbocycles. The second-order valence-corrected chi connectivity index (χ2v) is 5.55. The summed E-state index contributed by atoms with van der Waals surface area (Å²) in [6, 6.07) is 17.8. The maximum Gasteiger partial charge on any atom is 0.129 e. The van der Waals surface area contributed by atoms with Gasteiger partial charge in [-0.15, -0.1) is 0 Å². The molecule has 1 aliphatic carbocycles. The van der Waals surface area contributed by atoms with Gasteiger partial charge in [0, 0.05) is 11.8 Å². The van der Waals surface area contributed by atoms with Gasteiger partial charge in [-0.3, -0.25) is 0 Å². The van der Waals surface area contributed by atoms with Crippen molar-refractivity contribution in [2.24, 2.45) is 0 Å². The fourth-order valence-electron chi connectivity index (χ4n) is 2.77. The van der Waals surface area contributed by atoms with E-state index in [1.807, 2.05) is 54.6 Å². The molecule has 0 spiro atoms. The van der Waals surface area contributed by atoms with Gasteiger partial charge in [-0.1, -0.05) is 37.1 Å². The van der Waals surface area contributed by atoms with Crippen molar-refractivity contribution in [2.45, 2.75) is 37.8 Å². The molecule has 3 nitrogen and oxygen atoms in total. The predicted molar refractivity (Wildman–Crippen MR) is 84.8 cm³/mol. The SMILES string of the molecule is O[C@@H]1CCCC[C@H]1Nc1cccc(Oc2ccccc2)c1. The number of aliphatic hydroxyl groups is 1. The smallest absolute Gasteiger partial charge is 0.129 e. The van der Waals surface area contributed by atoms with Gasteiger partial charge in [-0.25, -0.2) is 0 Å². The first kappa shape index (κ1) is 14.0. The zero-order valence-electron chi connectivity index (χ0n) is 12.0. The molecule has 110 valence electrons. The molecule has 0 bridgehead atoms. The van der Waals surface area contributed by atoms with Crippen LogP contribution in [0, 0.1) is 0 Å². The third-order valence-electron chi connectivity index (χ3n) is 3.89. The van der Waals surface area contributed by atoms with Gasteiger partial charge in [0.25, 0.3) is 0 Å². The van der Waals surface area contributed by atoms with E-state index in [2.05, 4.69) is 5.32 Å². The number of para-hydroxylation sites is 1. The minimum atomic E-state index is -0.252. The van der Waals surface area contributed by atoms with E-state index in [0.29, 0.717) is 0 Å². The Morgan fingerprint density at radius 1 is 0.905 bits per heavy atom. The summed E-state index contributed by atoms with van der Waals surface area (Å²) in [7, 11) is 0. The molecule has 21 heavy (non-hydrogen) atoms. The van der Waals surface area contributed by atoms with Crippen molar-refractivity contribution in [1.29, 1.82) is 0 Å². The van der Waals surface area contributed by atoms with E-state index in [1.54, 1.807) is 0 Å². The lowest BCUT2D eigenvalue weighted by Gasteiger charge is -2.29. The number of anilines is 1. The minimum Gasteiger partial charge on any atom is -0.457 e. The Hall–Kier alpha value is -2.00. The predicted octanol–water partition coefficient (Wildman–Crippen LogP) is 4.19. The van der Waals surface area contributed by atoms with Crippen LogP contribution >= 0.6 is 0 Å². The summed E-state index contributed by atoms with van der Waals surface area (Å²) in [4.78, 5) is 0. The Morgan fingerprint density at radius 2 is 1.67 bits per heavy atom. The van der Waals surface area contributed by atoms with Gasteiger partial charge < -0.3 is 15.2 Å². The molecule has 0 aromatic heterocycles. The molecule has 1 fully saturated rings. The van der Waals surface area contributed by atoms with Gasteiger partial charge in [0.1, 0.15) is 11.5 Å². The molecule has 3 heteroatoms. The third-order valence-corrected chi connectivity index (χ3v) is 3.89. The summed E-state index contributed by atoms with van der Waals surface area (Å²) in [5.41, 5.74) is 0.995. The highest BCUT2D eigenvalue weighted by atomic mass is 16.5. The van der Waals surface area contributed by atoms with Gasteiger partial charge in [-0.2, -0.15) is 0 Å². The van der Waals surface area contributed by atoms with Crippen LogP contribution in [0.5, 0.6) is 11.5 Å². The molecule has 0 radical (unpaired) electrons. The molecule has 2 N–H and O–H groups in total. The Bertz CT molecular complexity index is 570. The van der Waals surface area contributed by atoms with Gasteiger partial charge in [0.15, 0.2) is 0 Å². The highest BCUT2D eigenvalue weighted by Crippen LogP contribution is 2.26. The first-order valence-electron chi connectivity index (χ1n) is 7.59. The maximum atomic E-state index is 10.0. The maximum absolute atomic E-state index is 10.0. The lowest BCUT2D eigenvalue weighted by Crippen LogP contribution is -2.36. The summed E-state index contributed by atoms with van der Waals surface area (Å²) in [6.45, 7) is 0. The number of aliphatic hydroxyl groups excluding tert-OH is 1. The Balaban J connectivity index is 1.68. The molecule has 0 heterocycles. The second kappa shape index (κ2) is 6.64. The number of benzene rings is 2. The van der Waals surface area contributed by atoms with Crippen LogP contribution < -0.4 is 10.1 Å². The number of hydrogen-bond donors (Lipinski definition) is 2. The molecular weight excluding hydrogens is 262 g/mol. The number of rotatable bonds is 4. The summed E-state index contributed by atoms with van der Waals surface area (Å²) >= 11 is 0. The van der Waals surface area contributed by atoms with Crippen molar-refractivity contribution in [3.8, 4) is 11.5 Å². The second-order valence-electron chi connectivity index (χ2n) is 5.55. The van der Waals surface area contributed by atoms with Crippen LogP contribution in [0.3, 0.4) is 0 Å². The average Bonchev–Trinajstić information content (AvgIpc) is 2.51. The number of nitrogens with one attached hydrogen (secondary N) is 1. The topological polar surface area (TPSA) is 41.5 Å². The lowest BCUT2D eigenvalue weighted by atomic mass is 9.92. The fourth-order valence-corrected chi connectivity index (χ4v) is 2.77. The van der Waals surface area contributed by atoms with Gasteiger partial charge in [-0.05, 0) is 37.1 Å². The first-order chi connectivity index (χ1) is 10.3. The van der Waals surface area contributed by atoms with Crippen LogP contribution in [0.25, 0.3) is 0 Å². The first-order valence-corrected chi connectivity index (χ1v) is 7.59. The zero-order chi connectivity index (χ0) is 14.5. The van der Waals surface area contributed by atoms with Crippen LogP contribution in [0.2, 0.25) is 0 Å². The molecule has 2 atom stereocenters. The van der Waals surface area contributed by atoms with Crippen LogP contribution in [0.1, 0.15) is 25.7 Å². The van der Waals surface area contributed by atoms with E-state index in [9.17, 15) is 5.11 Å². The van der Waals surface area contributed by atoms with Gasteiger partial charge >= 0.3 is 0 Å². The third kappa shape index (κ3) is 3.76. The average molecular weight is 283 g/mol. The van der Waals surface area contributed by atoms with Crippen molar-refractivity contribution >= 4 is 5.69 Å². The Morgan fingerprint density at radius 3 is 2.48 bits per heavy atom. The van der Waals surface area contributed by atoms with E-state index < -0.39 is 0 Å². The van der Waals surface area contributed by atoms with Crippen molar-refractivity contribution < 1.29 is 9.84 Å². The van der Waals surface area contributed by atoms with Gasteiger partial charge in [0.05, 0.1) is 12.1 Å². The summed E-state index contributed by atoms with van der Waals surface area (Å²) in [5, 5.41) is 13.5. The van der Waals surface area contributed by atoms with Crippen LogP contribution in [0.4, 0.5) is 5.69 Å². The Labute approximate surface area is 125 Å². The van der Waals surface area contributed by atoms with E-state index in [-0.39, 0.29) is 12.1 Å². The van der Waals surface area contributed by atoms with Crippen molar-refractivity contribution in [1.82, 2.24) is 0 Å². The lowest BCUT2D eigenvalue weighted by molar-refractivity contribution is 0.116. The minimum absolute atomic E-state index is 0.144. The van der Waals surface area contributed by atoms with E-state index in [1.165, 1.54) is 6.42 Å². The van der Waals surface area contributed by atoms with E-state index in [4.69, 9.17) is 4.74 Å². The van der Waals surface area contributed by atoms with Crippen LogP contribution in [-0.4, -0.2) is 17.3 Å². The summed E-state index contributed by atoms with van der Waals surface area (Å²) < 4.78 is 5.83. The summed E-state index contributed by atoms with van der Waals surface area (Å²) in [6.07, 6.45) is 3.95. The molecule has 3 rings (SSSR count). The monoisotopic (exact) mass is 283 g/mol. The van der Waals surface area contributed by atoms with E-state index >= 15 is 0 Å². The zero-order valence-corrected chi connectivity index (χ0v) is 12.0. The normalized spacial score (nSPS) is 21.8. The molecular formula is C18H21NO2. The number of hydrogen-bond acceptors (Lipinski definition) is 3. The largest absolute Gasteiger partial charge is 0.457 e. The highest BCUT2D eigenvalue weighted by molar-refractivity contribution is 5.50. The molecule has 0 aliphatic heterocycles. The molecule has 1 saturated carbocycles. The van der Waals surface area contributed by atoms with Crippen molar-refractivity contribution in [3.05, 3.63) is 54.6 Å². The molecule has 0 unspecified atom stereocenters. The van der Waals surface area contributed by atoms with E-state index in [0.717, 1.165) is 36.4 Å². The summed E-state index contributed by atoms with van der Waals surface area (Å²) in [5.74, 6) is 1.63. The molecule has 1 aliphatic rings. The molecule has 2 aromatic rings. The van der Waals surface area contributed by atoms with Gasteiger partial charge in [0.2, 0.25) is 0 Å².